The van der Waals surface area contributed by atoms with Gasteiger partial charge in [-0.3, -0.25) is 24.7 Å². The largest absolute Gasteiger partial charge is 0.478 e. The molecule has 0 bridgehead atoms. The molecule has 0 unspecified atom stereocenters. The quantitative estimate of drug-likeness (QED) is 0.376. The van der Waals surface area contributed by atoms with Gasteiger partial charge in [-0.1, -0.05) is 12.1 Å². The number of non-ortho nitro benzene ring substituents is 1. The van der Waals surface area contributed by atoms with Crippen molar-refractivity contribution < 1.29 is 23.9 Å². The number of fused-ring (bicyclic) bond motifs is 3. The van der Waals surface area contributed by atoms with Gasteiger partial charge in [-0.2, -0.15) is 0 Å². The molecule has 0 aromatic heterocycles. The van der Waals surface area contributed by atoms with E-state index in [0.29, 0.717) is 30.2 Å². The molecule has 0 radical (unpaired) electrons. The van der Waals surface area contributed by atoms with E-state index in [1.165, 1.54) is 12.1 Å². The number of nitro groups is 1. The maximum atomic E-state index is 12.9. The van der Waals surface area contributed by atoms with Gasteiger partial charge in [0.15, 0.2) is 5.76 Å². The van der Waals surface area contributed by atoms with Crippen molar-refractivity contribution in [3.05, 3.63) is 69.0 Å². The van der Waals surface area contributed by atoms with Crippen LogP contribution >= 0.6 is 0 Å². The van der Waals surface area contributed by atoms with Crippen LogP contribution in [0.5, 0.6) is 11.5 Å². The van der Waals surface area contributed by atoms with Crippen LogP contribution < -0.4 is 9.47 Å². The zero-order valence-electron chi connectivity index (χ0n) is 18.2. The lowest BCUT2D eigenvalue weighted by atomic mass is 10.0. The molecule has 0 atom stereocenters. The summed E-state index contributed by atoms with van der Waals surface area (Å²) in [6.45, 7) is 6.58. The van der Waals surface area contributed by atoms with Crippen molar-refractivity contribution in [2.24, 2.45) is 0 Å². The molecule has 3 aliphatic rings. The van der Waals surface area contributed by atoms with Crippen LogP contribution in [0.4, 0.5) is 5.69 Å². The fourth-order valence-electron chi connectivity index (χ4n) is 4.37. The highest BCUT2D eigenvalue weighted by atomic mass is 16.6. The topological polar surface area (TPSA) is 94.4 Å². The molecule has 1 saturated heterocycles. The minimum absolute atomic E-state index is 0.0363. The van der Waals surface area contributed by atoms with E-state index in [9.17, 15) is 14.9 Å². The lowest BCUT2D eigenvalue weighted by molar-refractivity contribution is -0.384. The molecule has 0 saturated carbocycles. The molecule has 2 aromatic carbocycles. The third kappa shape index (κ3) is 4.61. The van der Waals surface area contributed by atoms with Crippen LogP contribution in [0.15, 0.2) is 42.2 Å². The molecule has 0 N–H and O–H groups in total. The summed E-state index contributed by atoms with van der Waals surface area (Å²) >= 11 is 0. The number of morpholine rings is 1. The number of ketones is 1. The molecule has 3 aliphatic heterocycles. The number of rotatable bonds is 6. The Balaban J connectivity index is 1.29. The molecule has 1 fully saturated rings. The Kier molecular flexibility index (Phi) is 6.08. The van der Waals surface area contributed by atoms with Crippen molar-refractivity contribution in [3.8, 4) is 11.5 Å². The van der Waals surface area contributed by atoms with Crippen molar-refractivity contribution in [2.45, 2.75) is 13.0 Å². The van der Waals surface area contributed by atoms with E-state index in [4.69, 9.17) is 14.2 Å². The monoisotopic (exact) mass is 451 g/mol. The van der Waals surface area contributed by atoms with Crippen LogP contribution in [0.25, 0.3) is 6.08 Å². The van der Waals surface area contributed by atoms with E-state index >= 15 is 0 Å². The Hall–Kier alpha value is -3.27. The van der Waals surface area contributed by atoms with Crippen LogP contribution in [0, 0.1) is 10.1 Å². The summed E-state index contributed by atoms with van der Waals surface area (Å²) in [6, 6.07) is 9.66. The average molecular weight is 451 g/mol. The number of hydrogen-bond acceptors (Lipinski definition) is 8. The van der Waals surface area contributed by atoms with Gasteiger partial charge in [0.05, 0.1) is 29.3 Å². The molecule has 9 nitrogen and oxygen atoms in total. The molecule has 172 valence electrons. The zero-order valence-corrected chi connectivity index (χ0v) is 18.2. The zero-order chi connectivity index (χ0) is 22.8. The van der Waals surface area contributed by atoms with E-state index in [-0.39, 0.29) is 17.2 Å². The van der Waals surface area contributed by atoms with E-state index in [1.54, 1.807) is 24.3 Å². The summed E-state index contributed by atoms with van der Waals surface area (Å²) in [7, 11) is 0. The fourth-order valence-corrected chi connectivity index (χ4v) is 4.37. The summed E-state index contributed by atoms with van der Waals surface area (Å²) in [5, 5.41) is 11.0. The van der Waals surface area contributed by atoms with Gasteiger partial charge in [-0.25, -0.2) is 0 Å². The smallest absolute Gasteiger partial charge is 0.270 e. The second-order valence-corrected chi connectivity index (χ2v) is 8.34. The van der Waals surface area contributed by atoms with Gasteiger partial charge in [0.25, 0.3) is 5.69 Å². The number of allylic oxidation sites excluding steroid dienone is 1. The number of nitrogens with zero attached hydrogens (tertiary/aromatic N) is 3. The summed E-state index contributed by atoms with van der Waals surface area (Å²) in [5.74, 6) is 1.17. The van der Waals surface area contributed by atoms with Crippen LogP contribution in [-0.4, -0.2) is 66.6 Å². The molecule has 5 rings (SSSR count). The van der Waals surface area contributed by atoms with Gasteiger partial charge in [0.1, 0.15) is 18.2 Å². The summed E-state index contributed by atoms with van der Waals surface area (Å²) in [6.07, 6.45) is 2.57. The van der Waals surface area contributed by atoms with Gasteiger partial charge in [-0.15, -0.1) is 0 Å². The third-order valence-corrected chi connectivity index (χ3v) is 6.11. The van der Waals surface area contributed by atoms with Crippen LogP contribution in [0.1, 0.15) is 27.9 Å². The third-order valence-electron chi connectivity index (χ3n) is 6.11. The number of ether oxygens (including phenoxy) is 3. The predicted molar refractivity (Wildman–Crippen MR) is 120 cm³/mol. The molecule has 3 heterocycles. The van der Waals surface area contributed by atoms with Crippen LogP contribution in [0.2, 0.25) is 0 Å². The van der Waals surface area contributed by atoms with Gasteiger partial charge in [0, 0.05) is 38.3 Å². The Labute approximate surface area is 191 Å². The SMILES string of the molecule is O=C1/C(=C/c2cccc([N+](=O)[O-])c2)Oc2c1ccc1c2CN(CCCN2CCOCC2)CO1. The summed E-state index contributed by atoms with van der Waals surface area (Å²) in [5.41, 5.74) is 1.85. The second kappa shape index (κ2) is 9.30. The normalized spacial score (nSPS) is 19.6. The Morgan fingerprint density at radius 2 is 1.91 bits per heavy atom. The first-order valence-electron chi connectivity index (χ1n) is 11.1. The predicted octanol–water partition coefficient (Wildman–Crippen LogP) is 3.09. The molecular weight excluding hydrogens is 426 g/mol. The van der Waals surface area contributed by atoms with Crippen LogP contribution in [-0.2, 0) is 11.3 Å². The maximum Gasteiger partial charge on any atom is 0.270 e. The fraction of sp³-hybridized carbons (Fsp3) is 0.375. The van der Waals surface area contributed by atoms with Gasteiger partial charge in [0.2, 0.25) is 5.78 Å². The first-order valence-corrected chi connectivity index (χ1v) is 11.1. The lowest BCUT2D eigenvalue weighted by Gasteiger charge is -2.31. The van der Waals surface area contributed by atoms with Crippen molar-refractivity contribution in [2.75, 3.05) is 46.1 Å². The maximum absolute atomic E-state index is 12.9. The Bertz CT molecular complexity index is 1110. The highest BCUT2D eigenvalue weighted by molar-refractivity contribution is 6.15. The Morgan fingerprint density at radius 1 is 1.09 bits per heavy atom. The Morgan fingerprint density at radius 3 is 2.73 bits per heavy atom. The van der Waals surface area contributed by atoms with Gasteiger partial charge >= 0.3 is 0 Å². The molecule has 0 amide bonds. The molecule has 9 heteroatoms. The number of carbonyl (C=O) groups is 1. The average Bonchev–Trinajstić information content (AvgIpc) is 3.15. The van der Waals surface area contributed by atoms with Crippen molar-refractivity contribution in [1.29, 1.82) is 0 Å². The molecule has 0 spiro atoms. The van der Waals surface area contributed by atoms with Crippen LogP contribution in [0.3, 0.4) is 0 Å². The van der Waals surface area contributed by atoms with Gasteiger partial charge in [-0.05, 0) is 36.7 Å². The second-order valence-electron chi connectivity index (χ2n) is 8.34. The van der Waals surface area contributed by atoms with E-state index < -0.39 is 4.92 Å². The van der Waals surface area contributed by atoms with E-state index in [1.807, 2.05) is 6.07 Å². The van der Waals surface area contributed by atoms with Gasteiger partial charge < -0.3 is 14.2 Å². The molecule has 2 aromatic rings. The minimum Gasteiger partial charge on any atom is -0.478 e. The molecule has 0 aliphatic carbocycles. The van der Waals surface area contributed by atoms with E-state index in [0.717, 1.165) is 57.1 Å². The first kappa shape index (κ1) is 21.6. The minimum atomic E-state index is -0.463. The highest BCUT2D eigenvalue weighted by Gasteiger charge is 2.33. The lowest BCUT2D eigenvalue weighted by Crippen LogP contribution is -2.39. The number of nitro benzene ring substituents is 1. The summed E-state index contributed by atoms with van der Waals surface area (Å²) in [4.78, 5) is 28.1. The molecular formula is C24H25N3O6. The number of benzene rings is 2. The van der Waals surface area contributed by atoms with E-state index in [2.05, 4.69) is 9.80 Å². The highest BCUT2D eigenvalue weighted by Crippen LogP contribution is 2.42. The standard InChI is InChI=1S/C24H25N3O6/c28-23-19-5-6-21-20(15-26(16-32-21)8-2-7-25-9-11-31-12-10-25)24(19)33-22(23)14-17-3-1-4-18(13-17)27(29)30/h1,3-6,13-14H,2,7-12,15-16H2/b22-14-. The van der Waals surface area contributed by atoms with Crippen molar-refractivity contribution in [1.82, 2.24) is 9.80 Å². The van der Waals surface area contributed by atoms with Crippen molar-refractivity contribution >= 4 is 17.5 Å². The number of carbonyl (C=O) groups excluding carboxylic acids is 1. The van der Waals surface area contributed by atoms with Crippen molar-refractivity contribution in [3.63, 3.8) is 0 Å². The number of hydrogen-bond donors (Lipinski definition) is 0. The number of Topliss-reactive ketones (excluding diaryl/α,β-unsaturated/α-hetero) is 1. The summed E-state index contributed by atoms with van der Waals surface area (Å²) < 4.78 is 17.3. The molecule has 33 heavy (non-hydrogen) atoms. The first-order chi connectivity index (χ1) is 16.1.